The molecule has 2 saturated carbocycles. The van der Waals surface area contributed by atoms with Gasteiger partial charge in [0.15, 0.2) is 0 Å². The summed E-state index contributed by atoms with van der Waals surface area (Å²) in [4.78, 5) is 0. The summed E-state index contributed by atoms with van der Waals surface area (Å²) in [6.45, 7) is 0. The molecule has 0 aromatic heterocycles. The van der Waals surface area contributed by atoms with Crippen LogP contribution in [-0.2, 0) is 0 Å². The molecule has 0 heterocycles. The van der Waals surface area contributed by atoms with E-state index in [1.54, 1.807) is 16.7 Å². The zero-order valence-electron chi connectivity index (χ0n) is 14.0. The minimum atomic E-state index is 0.334. The first-order valence-electron chi connectivity index (χ1n) is 9.56. The Balaban J connectivity index is 1.52. The molecule has 0 nitrogen and oxygen atoms in total. The monoisotopic (exact) mass is 302 g/mol. The van der Waals surface area contributed by atoms with Crippen LogP contribution in [0.15, 0.2) is 58.7 Å². The lowest BCUT2D eigenvalue weighted by atomic mass is 9.68. The maximum absolute atomic E-state index is 3.53. The van der Waals surface area contributed by atoms with Crippen molar-refractivity contribution in [1.82, 2.24) is 0 Å². The molecule has 0 N–H and O–H groups in total. The Hall–Kier alpha value is -1.30. The van der Waals surface area contributed by atoms with E-state index < -0.39 is 0 Å². The van der Waals surface area contributed by atoms with Crippen LogP contribution in [-0.4, -0.2) is 0 Å². The summed E-state index contributed by atoms with van der Waals surface area (Å²) in [6.07, 6.45) is 31.4. The molecular weight excluding hydrogens is 276 g/mol. The smallest absolute Gasteiger partial charge is 0.0106 e. The van der Waals surface area contributed by atoms with E-state index >= 15 is 0 Å². The van der Waals surface area contributed by atoms with Gasteiger partial charge in [0.1, 0.15) is 0 Å². The van der Waals surface area contributed by atoms with Crippen LogP contribution in [0.3, 0.4) is 0 Å². The van der Waals surface area contributed by atoms with Gasteiger partial charge < -0.3 is 6.42 Å². The summed E-state index contributed by atoms with van der Waals surface area (Å²) in [7, 11) is 0. The Kier molecular flexibility index (Phi) is 3.12. The third-order valence-corrected chi connectivity index (χ3v) is 7.06. The lowest BCUT2D eigenvalue weighted by molar-refractivity contribution is 0.307. The number of hydrogen-bond acceptors (Lipinski definition) is 0. The maximum Gasteiger partial charge on any atom is 0.0106 e. The van der Waals surface area contributed by atoms with Crippen molar-refractivity contribution in [2.75, 3.05) is 0 Å². The first-order chi connectivity index (χ1) is 11.3. The fourth-order valence-corrected chi connectivity index (χ4v) is 5.68. The Labute approximate surface area is 140 Å². The van der Waals surface area contributed by atoms with Crippen molar-refractivity contribution < 1.29 is 0 Å². The van der Waals surface area contributed by atoms with Crippen molar-refractivity contribution in [2.24, 2.45) is 10.8 Å². The second kappa shape index (κ2) is 5.10. The highest BCUT2D eigenvalue weighted by molar-refractivity contribution is 5.59. The van der Waals surface area contributed by atoms with Gasteiger partial charge in [-0.3, -0.25) is 0 Å². The molecule has 23 heavy (non-hydrogen) atoms. The average Bonchev–Trinajstić information content (AvgIpc) is 3.00. The third-order valence-electron chi connectivity index (χ3n) is 7.06. The van der Waals surface area contributed by atoms with Gasteiger partial charge in [-0.2, -0.15) is 0 Å². The Morgan fingerprint density at radius 1 is 0.739 bits per heavy atom. The van der Waals surface area contributed by atoms with Crippen LogP contribution in [0.5, 0.6) is 0 Å². The largest absolute Gasteiger partial charge is 0.477 e. The quantitative estimate of drug-likeness (QED) is 0.462. The highest BCUT2D eigenvalue weighted by atomic mass is 14.5. The van der Waals surface area contributed by atoms with Gasteiger partial charge >= 0.3 is 0 Å². The summed E-state index contributed by atoms with van der Waals surface area (Å²) in [5, 5.41) is 0. The lowest BCUT2D eigenvalue weighted by Gasteiger charge is -2.40. The van der Waals surface area contributed by atoms with E-state index in [0.29, 0.717) is 10.8 Å². The zero-order valence-corrected chi connectivity index (χ0v) is 14.0. The molecule has 119 valence electrons. The average molecular weight is 302 g/mol. The summed E-state index contributed by atoms with van der Waals surface area (Å²) >= 11 is 0. The van der Waals surface area contributed by atoms with E-state index in [2.05, 4.69) is 42.9 Å². The highest BCUT2D eigenvalue weighted by Gasteiger charge is 2.41. The number of rotatable bonds is 0. The molecule has 0 bridgehead atoms. The molecule has 0 amide bonds. The standard InChI is InChI=1S/C23H26/c1-3-11-22(12-4-1)16-10-19-17-21-18(7-8-20(19)22)9-15-23(21)13-5-2-6-14-23/h7-10,15-16H,2-6,11-14,17H2/q-1. The van der Waals surface area contributed by atoms with Gasteiger partial charge in [0.25, 0.3) is 0 Å². The molecule has 0 aromatic carbocycles. The van der Waals surface area contributed by atoms with Crippen molar-refractivity contribution in [1.29, 1.82) is 0 Å². The van der Waals surface area contributed by atoms with E-state index in [9.17, 15) is 0 Å². The lowest BCUT2D eigenvalue weighted by Crippen LogP contribution is -2.23. The Morgan fingerprint density at radius 3 is 2.35 bits per heavy atom. The molecule has 0 aromatic rings. The van der Waals surface area contributed by atoms with Gasteiger partial charge in [0.2, 0.25) is 0 Å². The second-order valence-corrected chi connectivity index (χ2v) is 8.17. The third kappa shape index (κ3) is 2.03. The Morgan fingerprint density at radius 2 is 1.52 bits per heavy atom. The predicted molar refractivity (Wildman–Crippen MR) is 95.8 cm³/mol. The molecule has 2 spiro atoms. The molecule has 5 aliphatic carbocycles. The SMILES string of the molecule is [C-]1CCC2(C=CC3=C2C=CC2=C(C3)C3(C=C2)CCCCC3)CC1. The molecular formula is C23H26-. The minimum Gasteiger partial charge on any atom is -0.477 e. The van der Waals surface area contributed by atoms with E-state index in [1.165, 1.54) is 56.9 Å². The van der Waals surface area contributed by atoms with E-state index in [1.807, 2.05) is 0 Å². The van der Waals surface area contributed by atoms with Crippen molar-refractivity contribution in [2.45, 2.75) is 64.2 Å². The second-order valence-electron chi connectivity index (χ2n) is 8.17. The van der Waals surface area contributed by atoms with Crippen LogP contribution >= 0.6 is 0 Å². The summed E-state index contributed by atoms with van der Waals surface area (Å²) in [5.41, 5.74) is 7.24. The van der Waals surface area contributed by atoms with Gasteiger partial charge in [-0.05, 0) is 41.6 Å². The summed E-state index contributed by atoms with van der Waals surface area (Å²) in [5.74, 6) is 0. The number of hydrogen-bond donors (Lipinski definition) is 0. The summed E-state index contributed by atoms with van der Waals surface area (Å²) < 4.78 is 0. The van der Waals surface area contributed by atoms with E-state index in [-0.39, 0.29) is 0 Å². The molecule has 2 fully saturated rings. The number of allylic oxidation sites excluding steroid dienone is 10. The van der Waals surface area contributed by atoms with E-state index in [0.717, 1.165) is 12.8 Å². The van der Waals surface area contributed by atoms with Crippen LogP contribution in [0.2, 0.25) is 0 Å². The summed E-state index contributed by atoms with van der Waals surface area (Å²) in [6, 6.07) is 0. The van der Waals surface area contributed by atoms with Gasteiger partial charge in [-0.15, -0.1) is 0 Å². The fourth-order valence-electron chi connectivity index (χ4n) is 5.68. The number of fused-ring (bicyclic) bond motifs is 2. The first kappa shape index (κ1) is 14.1. The zero-order chi connectivity index (χ0) is 15.3. The van der Waals surface area contributed by atoms with Crippen molar-refractivity contribution in [3.8, 4) is 0 Å². The van der Waals surface area contributed by atoms with Crippen LogP contribution < -0.4 is 0 Å². The first-order valence-corrected chi connectivity index (χ1v) is 9.56. The van der Waals surface area contributed by atoms with Gasteiger partial charge in [-0.25, -0.2) is 12.8 Å². The van der Waals surface area contributed by atoms with Crippen LogP contribution in [0, 0.1) is 17.3 Å². The Bertz CT molecular complexity index is 665. The van der Waals surface area contributed by atoms with Gasteiger partial charge in [0, 0.05) is 10.8 Å². The molecule has 1 radical (unpaired) electrons. The predicted octanol–water partition coefficient (Wildman–Crippen LogP) is 6.27. The molecule has 5 rings (SSSR count). The molecule has 5 aliphatic rings. The fraction of sp³-hybridized carbons (Fsp3) is 0.522. The van der Waals surface area contributed by atoms with Crippen molar-refractivity contribution >= 4 is 0 Å². The molecule has 0 unspecified atom stereocenters. The minimum absolute atomic E-state index is 0.334. The topological polar surface area (TPSA) is 0 Å². The highest BCUT2D eigenvalue weighted by Crippen LogP contribution is 2.56. The molecule has 0 saturated heterocycles. The van der Waals surface area contributed by atoms with Crippen molar-refractivity contribution in [3.05, 3.63) is 65.2 Å². The molecule has 0 aliphatic heterocycles. The maximum atomic E-state index is 3.53. The van der Waals surface area contributed by atoms with Crippen molar-refractivity contribution in [3.63, 3.8) is 0 Å². The normalized spacial score (nSPS) is 30.3. The van der Waals surface area contributed by atoms with Gasteiger partial charge in [0.05, 0.1) is 0 Å². The molecule has 0 atom stereocenters. The van der Waals surface area contributed by atoms with Crippen LogP contribution in [0.1, 0.15) is 64.2 Å². The van der Waals surface area contributed by atoms with Crippen LogP contribution in [0.4, 0.5) is 0 Å². The van der Waals surface area contributed by atoms with Gasteiger partial charge in [-0.1, -0.05) is 68.6 Å². The van der Waals surface area contributed by atoms with E-state index in [4.69, 9.17) is 0 Å². The molecule has 0 heteroatoms. The van der Waals surface area contributed by atoms with Crippen LogP contribution in [0.25, 0.3) is 0 Å².